The van der Waals surface area contributed by atoms with E-state index in [0.717, 1.165) is 5.65 Å². The van der Waals surface area contributed by atoms with E-state index in [1.54, 1.807) is 53.2 Å². The van der Waals surface area contributed by atoms with Crippen LogP contribution in [0.5, 0.6) is 5.75 Å². The lowest BCUT2D eigenvalue weighted by Gasteiger charge is -2.07. The van der Waals surface area contributed by atoms with Crippen LogP contribution in [0.4, 0.5) is 0 Å². The number of nitrogens with zero attached hydrogens (tertiary/aromatic N) is 2. The average molecular weight is 359 g/mol. The molecule has 0 fully saturated rings. The van der Waals surface area contributed by atoms with E-state index in [1.807, 2.05) is 0 Å². The fourth-order valence-electron chi connectivity index (χ4n) is 2.26. The molecule has 0 atom stereocenters. The Bertz CT molecular complexity index is 939. The predicted octanol–water partition coefficient (Wildman–Crippen LogP) is 1.78. The van der Waals surface area contributed by atoms with Crippen molar-refractivity contribution >= 4 is 29.1 Å². The van der Waals surface area contributed by atoms with Gasteiger partial charge < -0.3 is 20.2 Å². The van der Waals surface area contributed by atoms with Crippen LogP contribution in [0.2, 0.25) is 5.02 Å². The summed E-state index contributed by atoms with van der Waals surface area (Å²) in [6.07, 6.45) is 3.54. The Morgan fingerprint density at radius 1 is 1.24 bits per heavy atom. The molecule has 0 saturated carbocycles. The van der Waals surface area contributed by atoms with Crippen LogP contribution in [0.3, 0.4) is 0 Å². The molecule has 0 radical (unpaired) electrons. The topological polar surface area (TPSA) is 98.7 Å². The normalized spacial score (nSPS) is 10.6. The number of benzene rings is 1. The Hall–Kier alpha value is -3.06. The summed E-state index contributed by atoms with van der Waals surface area (Å²) in [4.78, 5) is 27.4. The van der Waals surface area contributed by atoms with Crippen molar-refractivity contribution in [2.45, 2.75) is 6.54 Å². The molecule has 2 aromatic heterocycles. The molecule has 3 aromatic rings. The Balaban J connectivity index is 1.65. The maximum absolute atomic E-state index is 12.3. The van der Waals surface area contributed by atoms with Gasteiger partial charge in [-0.3, -0.25) is 9.59 Å². The van der Waals surface area contributed by atoms with E-state index < -0.39 is 5.91 Å². The highest BCUT2D eigenvalue weighted by Gasteiger charge is 2.09. The van der Waals surface area contributed by atoms with E-state index in [9.17, 15) is 9.59 Å². The molecule has 2 heterocycles. The van der Waals surface area contributed by atoms with E-state index >= 15 is 0 Å². The molecule has 1 aromatic carbocycles. The van der Waals surface area contributed by atoms with Gasteiger partial charge in [0, 0.05) is 18.0 Å². The van der Waals surface area contributed by atoms with Gasteiger partial charge in [-0.2, -0.15) is 0 Å². The van der Waals surface area contributed by atoms with Gasteiger partial charge in [-0.1, -0.05) is 17.7 Å². The lowest BCUT2D eigenvalue weighted by atomic mass is 10.2. The molecule has 8 heteroatoms. The fourth-order valence-corrected chi connectivity index (χ4v) is 2.42. The second kappa shape index (κ2) is 7.23. The largest absolute Gasteiger partial charge is 0.484 e. The number of nitrogens with two attached hydrogens (primary N) is 1. The second-order valence-electron chi connectivity index (χ2n) is 5.31. The van der Waals surface area contributed by atoms with Crippen LogP contribution in [0, 0.1) is 0 Å². The van der Waals surface area contributed by atoms with Gasteiger partial charge in [0.05, 0.1) is 17.3 Å². The molecule has 25 heavy (non-hydrogen) atoms. The summed E-state index contributed by atoms with van der Waals surface area (Å²) in [5.41, 5.74) is 6.89. The second-order valence-corrected chi connectivity index (χ2v) is 5.75. The average Bonchev–Trinajstić information content (AvgIpc) is 3.00. The first kappa shape index (κ1) is 16.8. The van der Waals surface area contributed by atoms with Crippen LogP contribution in [-0.2, 0) is 11.3 Å². The highest BCUT2D eigenvalue weighted by molar-refractivity contribution is 6.30. The summed E-state index contributed by atoms with van der Waals surface area (Å²) in [5, 5.41) is 3.39. The molecule has 128 valence electrons. The van der Waals surface area contributed by atoms with Crippen molar-refractivity contribution in [1.82, 2.24) is 14.7 Å². The number of hydrogen-bond acceptors (Lipinski definition) is 4. The maximum Gasteiger partial charge on any atom is 0.255 e. The molecule has 0 saturated heterocycles. The van der Waals surface area contributed by atoms with E-state index in [4.69, 9.17) is 22.1 Å². The van der Waals surface area contributed by atoms with Gasteiger partial charge in [-0.25, -0.2) is 4.98 Å². The number of amides is 2. The highest BCUT2D eigenvalue weighted by Crippen LogP contribution is 2.14. The quantitative estimate of drug-likeness (QED) is 0.701. The maximum atomic E-state index is 12.3. The highest BCUT2D eigenvalue weighted by atomic mass is 35.5. The molecule has 3 rings (SSSR count). The molecule has 0 spiro atoms. The Kier molecular flexibility index (Phi) is 4.85. The number of nitrogens with one attached hydrogen (secondary N) is 1. The Labute approximate surface area is 148 Å². The molecule has 2 amide bonds. The molecular weight excluding hydrogens is 344 g/mol. The van der Waals surface area contributed by atoms with Gasteiger partial charge in [0.1, 0.15) is 11.4 Å². The number of ether oxygens (including phenoxy) is 1. The summed E-state index contributed by atoms with van der Waals surface area (Å²) in [5.74, 6) is -0.463. The number of pyridine rings is 1. The molecule has 0 bridgehead atoms. The molecular formula is C17H15ClN4O3. The summed E-state index contributed by atoms with van der Waals surface area (Å²) in [7, 11) is 0. The summed E-state index contributed by atoms with van der Waals surface area (Å²) >= 11 is 5.94. The molecule has 0 aliphatic carbocycles. The fraction of sp³-hybridized carbons (Fsp3) is 0.118. The number of hydrogen-bond donors (Lipinski definition) is 2. The smallest absolute Gasteiger partial charge is 0.255 e. The van der Waals surface area contributed by atoms with Crippen LogP contribution in [0.1, 0.15) is 16.1 Å². The number of carbonyl (C=O) groups excluding carboxylic acids is 2. The van der Waals surface area contributed by atoms with Crippen LogP contribution < -0.4 is 15.8 Å². The van der Waals surface area contributed by atoms with Crippen molar-refractivity contribution in [2.75, 3.05) is 6.61 Å². The number of fused-ring (bicyclic) bond motifs is 1. The van der Waals surface area contributed by atoms with E-state index in [0.29, 0.717) is 22.0 Å². The van der Waals surface area contributed by atoms with Gasteiger partial charge >= 0.3 is 0 Å². The third kappa shape index (κ3) is 4.27. The minimum absolute atomic E-state index is 0.241. The van der Waals surface area contributed by atoms with Crippen LogP contribution in [0.25, 0.3) is 5.65 Å². The molecule has 0 unspecified atom stereocenters. The zero-order valence-corrected chi connectivity index (χ0v) is 13.9. The third-order valence-electron chi connectivity index (χ3n) is 3.37. The zero-order chi connectivity index (χ0) is 17.8. The van der Waals surface area contributed by atoms with Crippen molar-refractivity contribution < 1.29 is 14.3 Å². The zero-order valence-electron chi connectivity index (χ0n) is 13.1. The lowest BCUT2D eigenvalue weighted by molar-refractivity contribution is -0.119. The molecule has 0 aliphatic heterocycles. The Morgan fingerprint density at radius 2 is 2.08 bits per heavy atom. The van der Waals surface area contributed by atoms with E-state index in [2.05, 4.69) is 10.3 Å². The van der Waals surface area contributed by atoms with Gasteiger partial charge in [-0.15, -0.1) is 0 Å². The molecule has 0 aliphatic rings. The number of imidazole rings is 1. The van der Waals surface area contributed by atoms with Crippen molar-refractivity contribution in [3.63, 3.8) is 0 Å². The van der Waals surface area contributed by atoms with Crippen molar-refractivity contribution in [3.05, 3.63) is 65.1 Å². The predicted molar refractivity (Wildman–Crippen MR) is 92.5 cm³/mol. The van der Waals surface area contributed by atoms with Gasteiger partial charge in [0.2, 0.25) is 0 Å². The van der Waals surface area contributed by atoms with Gasteiger partial charge in [0.25, 0.3) is 11.8 Å². The number of halogens is 1. The van der Waals surface area contributed by atoms with E-state index in [1.165, 1.54) is 0 Å². The molecule has 3 N–H and O–H groups in total. The summed E-state index contributed by atoms with van der Waals surface area (Å²) < 4.78 is 6.98. The van der Waals surface area contributed by atoms with Gasteiger partial charge in [-0.05, 0) is 30.3 Å². The summed E-state index contributed by atoms with van der Waals surface area (Å²) in [6, 6.07) is 10.1. The van der Waals surface area contributed by atoms with Crippen molar-refractivity contribution in [1.29, 1.82) is 0 Å². The minimum atomic E-state index is -0.582. The van der Waals surface area contributed by atoms with Crippen molar-refractivity contribution in [2.24, 2.45) is 5.73 Å². The lowest BCUT2D eigenvalue weighted by Crippen LogP contribution is -2.23. The van der Waals surface area contributed by atoms with Crippen LogP contribution in [-0.4, -0.2) is 27.8 Å². The van der Waals surface area contributed by atoms with Crippen LogP contribution >= 0.6 is 11.6 Å². The number of carbonyl (C=O) groups is 2. The van der Waals surface area contributed by atoms with Crippen LogP contribution in [0.15, 0.2) is 48.8 Å². The van der Waals surface area contributed by atoms with E-state index in [-0.39, 0.29) is 19.1 Å². The molecule has 7 nitrogen and oxygen atoms in total. The Morgan fingerprint density at radius 3 is 2.88 bits per heavy atom. The first-order valence-corrected chi connectivity index (χ1v) is 7.81. The standard InChI is InChI=1S/C17H15ClN4O3/c18-12-4-5-16-21-13(9-22(16)8-12)7-20-17(24)11-2-1-3-14(6-11)25-10-15(19)23/h1-6,8-9H,7,10H2,(H2,19,23)(H,20,24). The van der Waals surface area contributed by atoms with Gasteiger partial charge in [0.15, 0.2) is 6.61 Å². The number of rotatable bonds is 6. The minimum Gasteiger partial charge on any atom is -0.484 e. The van der Waals surface area contributed by atoms with Crippen molar-refractivity contribution in [3.8, 4) is 5.75 Å². The first-order chi connectivity index (χ1) is 12.0. The SMILES string of the molecule is NC(=O)COc1cccc(C(=O)NCc2cn3cc(Cl)ccc3n2)c1. The third-order valence-corrected chi connectivity index (χ3v) is 3.60. The first-order valence-electron chi connectivity index (χ1n) is 7.44. The monoisotopic (exact) mass is 358 g/mol. The number of aromatic nitrogens is 2. The summed E-state index contributed by atoms with van der Waals surface area (Å²) in [6.45, 7) is 0.0272. The number of primary amides is 1.